The molecule has 0 spiro atoms. The fraction of sp³-hybridized carbons (Fsp3) is 0.0909. The average Bonchev–Trinajstić information content (AvgIpc) is 2.33. The minimum Gasteiger partial charge on any atom is -0.383 e. The quantitative estimate of drug-likeness (QED) is 0.674. The van der Waals surface area contributed by atoms with E-state index in [0.717, 1.165) is 8.47 Å². The zero-order chi connectivity index (χ0) is 12.3. The minimum atomic E-state index is -0.232. The summed E-state index contributed by atoms with van der Waals surface area (Å²) in [6.45, 7) is 0. The van der Waals surface area contributed by atoms with Crippen LogP contribution in [0.1, 0.15) is 5.82 Å². The van der Waals surface area contributed by atoms with E-state index < -0.39 is 0 Å². The molecule has 0 saturated carbocycles. The summed E-state index contributed by atoms with van der Waals surface area (Å²) in [6, 6.07) is 6.34. The Hall–Kier alpha value is -0.890. The van der Waals surface area contributed by atoms with E-state index in [4.69, 9.17) is 5.73 Å². The molecular weight excluding hydrogens is 352 g/mol. The third kappa shape index (κ3) is 3.53. The highest BCUT2D eigenvalue weighted by Crippen LogP contribution is 2.22. The van der Waals surface area contributed by atoms with E-state index in [9.17, 15) is 4.39 Å². The van der Waals surface area contributed by atoms with E-state index in [1.54, 1.807) is 30.1 Å². The molecule has 1 aromatic carbocycles. The average molecular weight is 361 g/mol. The molecule has 0 unspecified atom stereocenters. The maximum absolute atomic E-state index is 12.7. The van der Waals surface area contributed by atoms with Crippen molar-refractivity contribution in [1.29, 1.82) is 0 Å². The fourth-order valence-corrected chi connectivity index (χ4v) is 2.19. The maximum atomic E-state index is 12.7. The van der Waals surface area contributed by atoms with Gasteiger partial charge < -0.3 is 5.73 Å². The van der Waals surface area contributed by atoms with Gasteiger partial charge in [-0.1, -0.05) is 0 Å². The van der Waals surface area contributed by atoms with Crippen molar-refractivity contribution in [3.63, 3.8) is 0 Å². The molecule has 88 valence electrons. The number of hydrogen-bond donors (Lipinski definition) is 1. The molecule has 0 fully saturated rings. The van der Waals surface area contributed by atoms with Crippen LogP contribution in [-0.2, 0) is 5.75 Å². The Bertz CT molecular complexity index is 519. The van der Waals surface area contributed by atoms with Crippen molar-refractivity contribution in [2.75, 3.05) is 5.73 Å². The first kappa shape index (κ1) is 12.6. The summed E-state index contributed by atoms with van der Waals surface area (Å²) in [4.78, 5) is 9.33. The van der Waals surface area contributed by atoms with Gasteiger partial charge in [-0.3, -0.25) is 0 Å². The summed E-state index contributed by atoms with van der Waals surface area (Å²) in [5.41, 5.74) is 5.69. The van der Waals surface area contributed by atoms with Crippen LogP contribution < -0.4 is 5.73 Å². The van der Waals surface area contributed by atoms with Gasteiger partial charge in [-0.05, 0) is 46.9 Å². The normalized spacial score (nSPS) is 10.5. The second-order valence-electron chi connectivity index (χ2n) is 3.26. The third-order valence-electron chi connectivity index (χ3n) is 2.00. The highest BCUT2D eigenvalue weighted by Gasteiger charge is 2.02. The van der Waals surface area contributed by atoms with Crippen LogP contribution in [0, 0.1) is 9.39 Å². The largest absolute Gasteiger partial charge is 0.383 e. The van der Waals surface area contributed by atoms with Crippen LogP contribution in [0.4, 0.5) is 10.2 Å². The van der Waals surface area contributed by atoms with E-state index in [1.807, 2.05) is 0 Å². The summed E-state index contributed by atoms with van der Waals surface area (Å²) in [6.07, 6.45) is 1.70. The van der Waals surface area contributed by atoms with Gasteiger partial charge in [0.05, 0.1) is 9.32 Å². The molecule has 1 aromatic heterocycles. The number of aromatic nitrogens is 2. The van der Waals surface area contributed by atoms with Gasteiger partial charge in [0.25, 0.3) is 0 Å². The molecule has 0 saturated heterocycles. The van der Waals surface area contributed by atoms with Gasteiger partial charge in [-0.25, -0.2) is 14.4 Å². The van der Waals surface area contributed by atoms with Crippen LogP contribution in [0.25, 0.3) is 0 Å². The fourth-order valence-electron chi connectivity index (χ4n) is 1.17. The standard InChI is InChI=1S/C11H9FIN3S/c12-7-1-3-8(4-2-7)17-6-10-15-5-9(13)11(14)16-10/h1-5H,6H2,(H2,14,15,16). The highest BCUT2D eigenvalue weighted by atomic mass is 127. The predicted octanol–water partition coefficient (Wildman–Crippen LogP) is 3.09. The monoisotopic (exact) mass is 361 g/mol. The van der Waals surface area contributed by atoms with Crippen LogP contribution in [0.2, 0.25) is 0 Å². The number of nitrogen functional groups attached to an aromatic ring is 1. The maximum Gasteiger partial charge on any atom is 0.140 e. The minimum absolute atomic E-state index is 0.232. The second kappa shape index (κ2) is 5.63. The molecule has 2 aromatic rings. The van der Waals surface area contributed by atoms with Crippen molar-refractivity contribution in [1.82, 2.24) is 9.97 Å². The number of rotatable bonds is 3. The lowest BCUT2D eigenvalue weighted by molar-refractivity contribution is 0.626. The lowest BCUT2D eigenvalue weighted by Gasteiger charge is -2.02. The molecule has 1 heterocycles. The number of anilines is 1. The summed E-state index contributed by atoms with van der Waals surface area (Å²) in [5.74, 6) is 1.56. The van der Waals surface area contributed by atoms with E-state index >= 15 is 0 Å². The first-order chi connectivity index (χ1) is 8.15. The van der Waals surface area contributed by atoms with Gasteiger partial charge >= 0.3 is 0 Å². The van der Waals surface area contributed by atoms with Gasteiger partial charge in [0.1, 0.15) is 17.5 Å². The van der Waals surface area contributed by atoms with Crippen molar-refractivity contribution in [2.24, 2.45) is 0 Å². The van der Waals surface area contributed by atoms with Crippen LogP contribution in [-0.4, -0.2) is 9.97 Å². The molecule has 3 nitrogen and oxygen atoms in total. The molecule has 0 aliphatic rings. The zero-order valence-corrected chi connectivity index (χ0v) is 11.7. The Morgan fingerprint density at radius 2 is 2.00 bits per heavy atom. The molecule has 2 rings (SSSR count). The molecular formula is C11H9FIN3S. The van der Waals surface area contributed by atoms with Crippen molar-refractivity contribution < 1.29 is 4.39 Å². The summed E-state index contributed by atoms with van der Waals surface area (Å²) in [7, 11) is 0. The van der Waals surface area contributed by atoms with Crippen molar-refractivity contribution >= 4 is 40.2 Å². The van der Waals surface area contributed by atoms with Crippen LogP contribution in [0.3, 0.4) is 0 Å². The summed E-state index contributed by atoms with van der Waals surface area (Å²) < 4.78 is 13.5. The van der Waals surface area contributed by atoms with Crippen molar-refractivity contribution in [3.8, 4) is 0 Å². The first-order valence-corrected chi connectivity index (χ1v) is 6.87. The van der Waals surface area contributed by atoms with E-state index in [0.29, 0.717) is 17.4 Å². The summed E-state index contributed by atoms with van der Waals surface area (Å²) in [5, 5.41) is 0. The Balaban J connectivity index is 2.02. The third-order valence-corrected chi connectivity index (χ3v) is 3.84. The van der Waals surface area contributed by atoms with Gasteiger partial charge in [0.2, 0.25) is 0 Å². The summed E-state index contributed by atoms with van der Waals surface area (Å²) >= 11 is 3.63. The Labute approximate surface area is 116 Å². The number of nitrogens with two attached hydrogens (primary N) is 1. The number of hydrogen-bond acceptors (Lipinski definition) is 4. The Morgan fingerprint density at radius 3 is 2.65 bits per heavy atom. The lowest BCUT2D eigenvalue weighted by Crippen LogP contribution is -2.00. The van der Waals surface area contributed by atoms with Crippen molar-refractivity contribution in [3.05, 3.63) is 45.7 Å². The van der Waals surface area contributed by atoms with Crippen LogP contribution in [0.5, 0.6) is 0 Å². The van der Waals surface area contributed by atoms with Crippen LogP contribution in [0.15, 0.2) is 35.4 Å². The zero-order valence-electron chi connectivity index (χ0n) is 8.73. The number of thioether (sulfide) groups is 1. The molecule has 17 heavy (non-hydrogen) atoms. The number of halogens is 2. The molecule has 0 radical (unpaired) electrons. The smallest absolute Gasteiger partial charge is 0.140 e. The SMILES string of the molecule is Nc1nc(CSc2ccc(F)cc2)ncc1I. The molecule has 2 N–H and O–H groups in total. The van der Waals surface area contributed by atoms with E-state index in [2.05, 4.69) is 32.6 Å². The molecule has 0 amide bonds. The van der Waals surface area contributed by atoms with Crippen molar-refractivity contribution in [2.45, 2.75) is 10.6 Å². The van der Waals surface area contributed by atoms with E-state index in [-0.39, 0.29) is 5.82 Å². The van der Waals surface area contributed by atoms with Gasteiger partial charge in [-0.15, -0.1) is 11.8 Å². The second-order valence-corrected chi connectivity index (χ2v) is 5.47. The van der Waals surface area contributed by atoms with Crippen LogP contribution >= 0.6 is 34.4 Å². The Kier molecular flexibility index (Phi) is 4.16. The predicted molar refractivity (Wildman–Crippen MR) is 75.1 cm³/mol. The topological polar surface area (TPSA) is 51.8 Å². The van der Waals surface area contributed by atoms with Gasteiger partial charge in [-0.2, -0.15) is 0 Å². The van der Waals surface area contributed by atoms with Gasteiger partial charge in [0, 0.05) is 11.1 Å². The molecule has 0 aliphatic carbocycles. The molecule has 0 atom stereocenters. The first-order valence-electron chi connectivity index (χ1n) is 4.80. The lowest BCUT2D eigenvalue weighted by atomic mass is 10.4. The van der Waals surface area contributed by atoms with E-state index in [1.165, 1.54) is 12.1 Å². The molecule has 0 aliphatic heterocycles. The Morgan fingerprint density at radius 1 is 1.29 bits per heavy atom. The molecule has 6 heteroatoms. The number of nitrogens with zero attached hydrogens (tertiary/aromatic N) is 2. The molecule has 0 bridgehead atoms. The highest BCUT2D eigenvalue weighted by molar-refractivity contribution is 14.1. The van der Waals surface area contributed by atoms with Gasteiger partial charge in [0.15, 0.2) is 0 Å². The number of benzene rings is 1.